The Morgan fingerprint density at radius 1 is 0.426 bits per heavy atom. The summed E-state index contributed by atoms with van der Waals surface area (Å²) in [6, 6.07) is 60.3. The Kier molecular flexibility index (Phi) is 6.77. The second-order valence-electron chi connectivity index (χ2n) is 14.4. The quantitative estimate of drug-likeness (QED) is 0.172. The third-order valence-electron chi connectivity index (χ3n) is 11.2. The first kappa shape index (κ1) is 30.5. The maximum Gasteiger partial charge on any atom is 0.234 e. The van der Waals surface area contributed by atoms with Crippen LogP contribution >= 0.6 is 0 Å². The average Bonchev–Trinajstić information content (AvgIpc) is 3.67. The molecular weight excluding hydrogens is 655 g/mol. The maximum absolute atomic E-state index is 4.68. The molecule has 0 aliphatic heterocycles. The Morgan fingerprint density at radius 2 is 0.963 bits per heavy atom. The highest BCUT2D eigenvalue weighted by Crippen LogP contribution is 2.42. The van der Waals surface area contributed by atoms with Crippen molar-refractivity contribution in [2.24, 2.45) is 0 Å². The molecule has 0 spiro atoms. The number of aryl methyl sites for hydroxylation is 1. The summed E-state index contributed by atoms with van der Waals surface area (Å²) in [6.07, 6.45) is 5.76. The van der Waals surface area contributed by atoms with Crippen LogP contribution in [-0.2, 0) is 0 Å². The van der Waals surface area contributed by atoms with Gasteiger partial charge in [0, 0.05) is 24.2 Å². The van der Waals surface area contributed by atoms with Crippen LogP contribution < -0.4 is 0 Å². The molecule has 0 atom stereocenters. The average molecular weight is 688 g/mol. The first-order valence-electron chi connectivity index (χ1n) is 18.5. The second-order valence-corrected chi connectivity index (χ2v) is 14.4. The van der Waals surface area contributed by atoms with Gasteiger partial charge in [-0.15, -0.1) is 0 Å². The summed E-state index contributed by atoms with van der Waals surface area (Å²) in [5.74, 6) is 0.706. The zero-order valence-electron chi connectivity index (χ0n) is 29.7. The summed E-state index contributed by atoms with van der Waals surface area (Å²) in [6.45, 7) is 2.23. The summed E-state index contributed by atoms with van der Waals surface area (Å²) in [7, 11) is 0. The molecule has 3 heteroatoms. The van der Waals surface area contributed by atoms with Crippen LogP contribution in [0.1, 0.15) is 5.56 Å². The molecule has 0 bridgehead atoms. The minimum Gasteiger partial charge on any atom is -0.291 e. The van der Waals surface area contributed by atoms with Gasteiger partial charge in [0.05, 0.1) is 5.69 Å². The SMILES string of the molecule is Cc1cccc2ccc3cccc(-c4cccc5ccc6cc(-c7ccc8cc(-c9ccc(-c%10cn%11cccnc%11n%10)cc9)ccc8c7)ccc6c45)c3c12. The van der Waals surface area contributed by atoms with E-state index in [4.69, 9.17) is 0 Å². The number of imidazole rings is 1. The topological polar surface area (TPSA) is 30.2 Å². The zero-order chi connectivity index (χ0) is 35.8. The summed E-state index contributed by atoms with van der Waals surface area (Å²) in [5.41, 5.74) is 10.7. The highest BCUT2D eigenvalue weighted by molar-refractivity contribution is 6.21. The van der Waals surface area contributed by atoms with Crippen LogP contribution in [0.2, 0.25) is 0 Å². The van der Waals surface area contributed by atoms with Gasteiger partial charge in [-0.3, -0.25) is 4.40 Å². The number of hydrogen-bond donors (Lipinski definition) is 0. The van der Waals surface area contributed by atoms with Crippen LogP contribution in [0, 0.1) is 6.92 Å². The van der Waals surface area contributed by atoms with Crippen molar-refractivity contribution in [2.75, 3.05) is 0 Å². The molecule has 3 nitrogen and oxygen atoms in total. The van der Waals surface area contributed by atoms with Crippen molar-refractivity contribution < 1.29 is 0 Å². The Hall–Kier alpha value is -7.10. The molecule has 0 aliphatic carbocycles. The van der Waals surface area contributed by atoms with Crippen LogP contribution in [0.15, 0.2) is 182 Å². The first-order chi connectivity index (χ1) is 26.6. The maximum atomic E-state index is 4.68. The van der Waals surface area contributed by atoms with Crippen LogP contribution in [0.3, 0.4) is 0 Å². The van der Waals surface area contributed by atoms with Crippen LogP contribution in [0.4, 0.5) is 0 Å². The number of nitrogens with zero attached hydrogens (tertiary/aromatic N) is 3. The van der Waals surface area contributed by atoms with Crippen molar-refractivity contribution in [2.45, 2.75) is 6.92 Å². The summed E-state index contributed by atoms with van der Waals surface area (Å²) >= 11 is 0. The minimum atomic E-state index is 0.706. The van der Waals surface area contributed by atoms with E-state index in [2.05, 4.69) is 175 Å². The van der Waals surface area contributed by atoms with Gasteiger partial charge in [0.25, 0.3) is 0 Å². The van der Waals surface area contributed by atoms with Gasteiger partial charge in [-0.2, -0.15) is 0 Å². The number of fused-ring (bicyclic) bond motifs is 8. The molecule has 0 saturated carbocycles. The summed E-state index contributed by atoms with van der Waals surface area (Å²) in [4.78, 5) is 9.03. The van der Waals surface area contributed by atoms with Crippen LogP contribution in [0.25, 0.3) is 104 Å². The lowest BCUT2D eigenvalue weighted by molar-refractivity contribution is 1.11. The molecule has 54 heavy (non-hydrogen) atoms. The molecule has 11 aromatic rings. The van der Waals surface area contributed by atoms with E-state index in [0.29, 0.717) is 5.78 Å². The minimum absolute atomic E-state index is 0.706. The second kappa shape index (κ2) is 12.0. The fourth-order valence-corrected chi connectivity index (χ4v) is 8.49. The third kappa shape index (κ3) is 4.90. The lowest BCUT2D eigenvalue weighted by atomic mass is 9.88. The van der Waals surface area contributed by atoms with Crippen LogP contribution in [-0.4, -0.2) is 14.4 Å². The summed E-state index contributed by atoms with van der Waals surface area (Å²) < 4.78 is 1.95. The molecule has 2 aromatic heterocycles. The van der Waals surface area contributed by atoms with Crippen molar-refractivity contribution in [3.05, 3.63) is 188 Å². The number of rotatable bonds is 4. The standard InChI is InChI=1S/C51H33N3/c1-32-6-2-7-35-16-17-37-9-4-11-46(50(37)48(32)35)45-10-3-8-36-18-23-43-30-42(24-25-44(43)49(36)45)41-22-21-39-28-38(19-20-40(39)29-41)33-12-14-34(15-13-33)47-31-54-27-5-26-52-51(54)53-47/h2-31H,1H3. The molecule has 11 rings (SSSR count). The lowest BCUT2D eigenvalue weighted by Crippen LogP contribution is -1.89. The normalized spacial score (nSPS) is 11.8. The van der Waals surface area contributed by atoms with Crippen molar-refractivity contribution in [3.8, 4) is 44.6 Å². The van der Waals surface area contributed by atoms with Gasteiger partial charge in [0.15, 0.2) is 0 Å². The Bertz CT molecular complexity index is 3250. The molecule has 0 radical (unpaired) electrons. The van der Waals surface area contributed by atoms with E-state index in [1.807, 2.05) is 22.9 Å². The van der Waals surface area contributed by atoms with Crippen molar-refractivity contribution >= 4 is 59.6 Å². The molecule has 0 saturated heterocycles. The zero-order valence-corrected chi connectivity index (χ0v) is 29.7. The Labute approximate surface area is 312 Å². The molecule has 9 aromatic carbocycles. The highest BCUT2D eigenvalue weighted by Gasteiger charge is 2.15. The predicted molar refractivity (Wildman–Crippen MR) is 227 cm³/mol. The number of hydrogen-bond acceptors (Lipinski definition) is 2. The Balaban J connectivity index is 0.958. The van der Waals surface area contributed by atoms with E-state index in [9.17, 15) is 0 Å². The number of benzene rings is 9. The van der Waals surface area contributed by atoms with Gasteiger partial charge >= 0.3 is 0 Å². The monoisotopic (exact) mass is 687 g/mol. The first-order valence-corrected chi connectivity index (χ1v) is 18.5. The fourth-order valence-electron chi connectivity index (χ4n) is 8.49. The van der Waals surface area contributed by atoms with Crippen molar-refractivity contribution in [3.63, 3.8) is 0 Å². The van der Waals surface area contributed by atoms with Gasteiger partial charge in [-0.1, -0.05) is 140 Å². The van der Waals surface area contributed by atoms with E-state index >= 15 is 0 Å². The van der Waals surface area contributed by atoms with Gasteiger partial charge in [0.1, 0.15) is 0 Å². The molecule has 2 heterocycles. The molecular formula is C51H33N3. The van der Waals surface area contributed by atoms with E-state index in [1.54, 1.807) is 6.20 Å². The largest absolute Gasteiger partial charge is 0.291 e. The molecule has 0 unspecified atom stereocenters. The molecule has 0 fully saturated rings. The van der Waals surface area contributed by atoms with Crippen LogP contribution in [0.5, 0.6) is 0 Å². The predicted octanol–water partition coefficient (Wildman–Crippen LogP) is 13.5. The third-order valence-corrected chi connectivity index (χ3v) is 11.2. The van der Waals surface area contributed by atoms with Crippen molar-refractivity contribution in [1.29, 1.82) is 0 Å². The molecule has 252 valence electrons. The summed E-state index contributed by atoms with van der Waals surface area (Å²) in [5, 5.41) is 12.7. The van der Waals surface area contributed by atoms with E-state index in [1.165, 1.54) is 92.8 Å². The van der Waals surface area contributed by atoms with Gasteiger partial charge in [0.2, 0.25) is 5.78 Å². The van der Waals surface area contributed by atoms with E-state index in [-0.39, 0.29) is 0 Å². The molecule has 0 N–H and O–H groups in total. The van der Waals surface area contributed by atoms with Gasteiger partial charge in [-0.25, -0.2) is 9.97 Å². The van der Waals surface area contributed by atoms with E-state index in [0.717, 1.165) is 11.3 Å². The van der Waals surface area contributed by atoms with Gasteiger partial charge in [-0.05, 0) is 124 Å². The van der Waals surface area contributed by atoms with Gasteiger partial charge < -0.3 is 0 Å². The molecule has 0 amide bonds. The van der Waals surface area contributed by atoms with E-state index < -0.39 is 0 Å². The fraction of sp³-hybridized carbons (Fsp3) is 0.0196. The van der Waals surface area contributed by atoms with Crippen molar-refractivity contribution in [1.82, 2.24) is 14.4 Å². The number of aromatic nitrogens is 3. The smallest absolute Gasteiger partial charge is 0.234 e. The molecule has 0 aliphatic rings. The lowest BCUT2D eigenvalue weighted by Gasteiger charge is -2.16. The Morgan fingerprint density at radius 3 is 1.69 bits per heavy atom. The highest BCUT2D eigenvalue weighted by atomic mass is 15.1.